The van der Waals surface area contributed by atoms with Crippen molar-refractivity contribution in [1.29, 1.82) is 0 Å². The molecule has 1 heterocycles. The minimum atomic E-state index is -0.595. The van der Waals surface area contributed by atoms with Crippen molar-refractivity contribution in [2.75, 3.05) is 11.9 Å². The van der Waals surface area contributed by atoms with Crippen LogP contribution in [0.4, 0.5) is 10.7 Å². The molecule has 0 saturated heterocycles. The van der Waals surface area contributed by atoms with E-state index in [9.17, 15) is 19.7 Å². The van der Waals surface area contributed by atoms with Crippen LogP contribution in [-0.2, 0) is 4.74 Å². The lowest BCUT2D eigenvalue weighted by Crippen LogP contribution is -2.15. The second-order valence-corrected chi connectivity index (χ2v) is 8.05. The molecule has 7 nitrogen and oxygen atoms in total. The zero-order valence-electron chi connectivity index (χ0n) is 17.0. The first-order chi connectivity index (χ1) is 14.7. The molecule has 0 aliphatic rings. The van der Waals surface area contributed by atoms with Gasteiger partial charge in [0, 0.05) is 23.1 Å². The molecule has 0 spiro atoms. The van der Waals surface area contributed by atoms with Crippen LogP contribution in [0.1, 0.15) is 38.8 Å². The Morgan fingerprint density at radius 2 is 1.90 bits per heavy atom. The average molecular weight is 459 g/mol. The molecule has 0 aliphatic carbocycles. The van der Waals surface area contributed by atoms with E-state index in [-0.39, 0.29) is 28.4 Å². The molecule has 1 aromatic heterocycles. The Hall–Kier alpha value is -3.23. The molecule has 0 unspecified atom stereocenters. The number of non-ortho nitro benzene ring substituents is 1. The molecule has 0 atom stereocenters. The number of hydrogen-bond acceptors (Lipinski definition) is 6. The van der Waals surface area contributed by atoms with Gasteiger partial charge < -0.3 is 10.1 Å². The fourth-order valence-electron chi connectivity index (χ4n) is 3.14. The summed E-state index contributed by atoms with van der Waals surface area (Å²) >= 11 is 7.26. The molecule has 9 heteroatoms. The molecule has 2 aromatic carbocycles. The maximum absolute atomic E-state index is 12.8. The lowest BCUT2D eigenvalue weighted by molar-refractivity contribution is -0.384. The number of ether oxygens (including phenoxy) is 1. The van der Waals surface area contributed by atoms with Gasteiger partial charge in [-0.15, -0.1) is 11.3 Å². The molecule has 1 N–H and O–H groups in total. The Balaban J connectivity index is 2.01. The number of hydrogen-bond donors (Lipinski definition) is 1. The minimum Gasteiger partial charge on any atom is -0.462 e. The summed E-state index contributed by atoms with van der Waals surface area (Å²) < 4.78 is 5.22. The number of rotatable bonds is 6. The van der Waals surface area contributed by atoms with Crippen molar-refractivity contribution in [3.63, 3.8) is 0 Å². The smallest absolute Gasteiger partial charge is 0.341 e. The predicted molar refractivity (Wildman–Crippen MR) is 121 cm³/mol. The number of halogens is 1. The lowest BCUT2D eigenvalue weighted by Gasteiger charge is -2.11. The van der Waals surface area contributed by atoms with Crippen LogP contribution in [0.25, 0.3) is 11.1 Å². The van der Waals surface area contributed by atoms with Gasteiger partial charge in [0.2, 0.25) is 0 Å². The fraction of sp³-hybridized carbons (Fsp3) is 0.182. The molecular weight excluding hydrogens is 440 g/mol. The van der Waals surface area contributed by atoms with E-state index in [2.05, 4.69) is 5.32 Å². The normalized spacial score (nSPS) is 10.6. The second-order valence-electron chi connectivity index (χ2n) is 6.77. The third-order valence-electron chi connectivity index (χ3n) is 4.58. The lowest BCUT2D eigenvalue weighted by atomic mass is 9.97. The Kier molecular flexibility index (Phi) is 6.72. The molecule has 0 aliphatic heterocycles. The van der Waals surface area contributed by atoms with Gasteiger partial charge in [-0.2, -0.15) is 0 Å². The number of amides is 1. The average Bonchev–Trinajstić information content (AvgIpc) is 3.11. The molecule has 1 amide bonds. The monoisotopic (exact) mass is 458 g/mol. The number of nitrogens with one attached hydrogen (secondary N) is 1. The summed E-state index contributed by atoms with van der Waals surface area (Å²) in [6, 6.07) is 9.47. The summed E-state index contributed by atoms with van der Waals surface area (Å²) in [5.41, 5.74) is 3.69. The highest BCUT2D eigenvalue weighted by molar-refractivity contribution is 7.15. The third-order valence-corrected chi connectivity index (χ3v) is 5.79. The molecule has 31 heavy (non-hydrogen) atoms. The number of benzene rings is 2. The van der Waals surface area contributed by atoms with Crippen molar-refractivity contribution in [1.82, 2.24) is 0 Å². The highest BCUT2D eigenvalue weighted by Gasteiger charge is 2.25. The molecule has 0 bridgehead atoms. The number of esters is 1. The van der Waals surface area contributed by atoms with Crippen LogP contribution >= 0.6 is 22.9 Å². The van der Waals surface area contributed by atoms with Crippen molar-refractivity contribution in [2.45, 2.75) is 20.8 Å². The fourth-order valence-corrected chi connectivity index (χ4v) is 4.35. The van der Waals surface area contributed by atoms with Crippen LogP contribution in [0.2, 0.25) is 5.02 Å². The van der Waals surface area contributed by atoms with E-state index in [4.69, 9.17) is 16.3 Å². The number of anilines is 1. The predicted octanol–water partition coefficient (Wildman–Crippen LogP) is 6.02. The van der Waals surface area contributed by atoms with Gasteiger partial charge in [0.15, 0.2) is 0 Å². The van der Waals surface area contributed by atoms with E-state index in [1.807, 2.05) is 32.0 Å². The van der Waals surface area contributed by atoms with Gasteiger partial charge in [0.25, 0.3) is 11.6 Å². The van der Waals surface area contributed by atoms with E-state index in [1.54, 1.807) is 12.3 Å². The molecule has 3 aromatic rings. The SMILES string of the molecule is CCOC(=O)c1c(-c2ccc(C)cc2C)csc1NC(=O)c1ccc([N+](=O)[O-])cc1Cl. The number of nitrogens with zero attached hydrogens (tertiary/aromatic N) is 1. The van der Waals surface area contributed by atoms with Gasteiger partial charge in [-0.3, -0.25) is 14.9 Å². The van der Waals surface area contributed by atoms with Gasteiger partial charge in [0.1, 0.15) is 10.6 Å². The van der Waals surface area contributed by atoms with Crippen LogP contribution in [0.15, 0.2) is 41.8 Å². The topological polar surface area (TPSA) is 98.5 Å². The Labute approximate surface area is 187 Å². The van der Waals surface area contributed by atoms with Crippen molar-refractivity contribution in [3.8, 4) is 11.1 Å². The van der Waals surface area contributed by atoms with E-state index in [0.29, 0.717) is 10.6 Å². The minimum absolute atomic E-state index is 0.0588. The van der Waals surface area contributed by atoms with Gasteiger partial charge >= 0.3 is 5.97 Å². The van der Waals surface area contributed by atoms with E-state index >= 15 is 0 Å². The number of carbonyl (C=O) groups excluding carboxylic acids is 2. The number of aryl methyl sites for hydroxylation is 2. The van der Waals surface area contributed by atoms with Gasteiger partial charge in [0.05, 0.1) is 22.1 Å². The number of carbonyl (C=O) groups is 2. The first kappa shape index (κ1) is 22.5. The zero-order valence-corrected chi connectivity index (χ0v) is 18.6. The maximum Gasteiger partial charge on any atom is 0.341 e. The van der Waals surface area contributed by atoms with E-state index < -0.39 is 16.8 Å². The van der Waals surface area contributed by atoms with Crippen LogP contribution < -0.4 is 5.32 Å². The van der Waals surface area contributed by atoms with Crippen LogP contribution in [0.3, 0.4) is 0 Å². The van der Waals surface area contributed by atoms with Crippen molar-refractivity contribution >= 4 is 45.5 Å². The van der Waals surface area contributed by atoms with Gasteiger partial charge in [-0.05, 0) is 38.0 Å². The van der Waals surface area contributed by atoms with E-state index in [0.717, 1.165) is 22.8 Å². The molecule has 0 saturated carbocycles. The maximum atomic E-state index is 12.8. The van der Waals surface area contributed by atoms with Crippen LogP contribution in [0.5, 0.6) is 0 Å². The third kappa shape index (κ3) is 4.76. The molecule has 0 fully saturated rings. The number of thiophene rings is 1. The quantitative estimate of drug-likeness (QED) is 0.276. The highest BCUT2D eigenvalue weighted by Crippen LogP contribution is 2.38. The summed E-state index contributed by atoms with van der Waals surface area (Å²) in [4.78, 5) is 35.8. The Morgan fingerprint density at radius 1 is 1.16 bits per heavy atom. The molecule has 0 radical (unpaired) electrons. The first-order valence-electron chi connectivity index (χ1n) is 9.34. The number of nitro groups is 1. The highest BCUT2D eigenvalue weighted by atomic mass is 35.5. The van der Waals surface area contributed by atoms with Crippen LogP contribution in [0, 0.1) is 24.0 Å². The summed E-state index contributed by atoms with van der Waals surface area (Å²) in [7, 11) is 0. The van der Waals surface area contributed by atoms with Crippen LogP contribution in [-0.4, -0.2) is 23.4 Å². The Bertz CT molecular complexity index is 1190. The molecule has 3 rings (SSSR count). The first-order valence-corrected chi connectivity index (χ1v) is 10.6. The van der Waals surface area contributed by atoms with Gasteiger partial charge in [-0.1, -0.05) is 35.4 Å². The van der Waals surface area contributed by atoms with E-state index in [1.165, 1.54) is 23.5 Å². The van der Waals surface area contributed by atoms with Crippen molar-refractivity contribution in [2.24, 2.45) is 0 Å². The second kappa shape index (κ2) is 9.28. The summed E-state index contributed by atoms with van der Waals surface area (Å²) in [6.07, 6.45) is 0. The molecule has 160 valence electrons. The number of nitro benzene ring substituents is 1. The van der Waals surface area contributed by atoms with Crippen molar-refractivity contribution < 1.29 is 19.2 Å². The largest absolute Gasteiger partial charge is 0.462 e. The summed E-state index contributed by atoms with van der Waals surface area (Å²) in [5.74, 6) is -1.14. The zero-order chi connectivity index (χ0) is 22.7. The van der Waals surface area contributed by atoms with Gasteiger partial charge in [-0.25, -0.2) is 4.79 Å². The summed E-state index contributed by atoms with van der Waals surface area (Å²) in [6.45, 7) is 5.82. The Morgan fingerprint density at radius 3 is 2.52 bits per heavy atom. The standard InChI is InChI=1S/C22H19ClN2O5S/c1-4-30-22(27)19-17(15-7-5-12(2)9-13(15)3)11-31-21(19)24-20(26)16-8-6-14(25(28)29)10-18(16)23/h5-11H,4H2,1-3H3,(H,24,26). The van der Waals surface area contributed by atoms with Crippen molar-refractivity contribution in [3.05, 3.63) is 79.2 Å². The summed E-state index contributed by atoms with van der Waals surface area (Å²) in [5, 5.41) is 15.6. The molecular formula is C22H19ClN2O5S.